The van der Waals surface area contributed by atoms with Gasteiger partial charge in [-0.1, -0.05) is 18.2 Å². The van der Waals surface area contributed by atoms with Gasteiger partial charge in [0.2, 0.25) is 5.91 Å². The molecule has 1 fully saturated rings. The second kappa shape index (κ2) is 6.48. The maximum Gasteiger partial charge on any atom is 0.226 e. The normalized spacial score (nSPS) is 22.2. The zero-order valence-electron chi connectivity index (χ0n) is 13.2. The fourth-order valence-corrected chi connectivity index (χ4v) is 2.86. The van der Waals surface area contributed by atoms with E-state index >= 15 is 0 Å². The summed E-state index contributed by atoms with van der Waals surface area (Å²) in [5.41, 5.74) is 1.42. The van der Waals surface area contributed by atoms with E-state index in [-0.39, 0.29) is 5.91 Å². The number of β-amino-alcohol motifs (C(OH)–C–C–N with tert-alkyl or cyclic N) is 1. The monoisotopic (exact) mass is 291 g/mol. The summed E-state index contributed by atoms with van der Waals surface area (Å²) >= 11 is 0. The number of para-hydroxylation sites is 1. The summed E-state index contributed by atoms with van der Waals surface area (Å²) in [5, 5.41) is 10.0. The molecule has 21 heavy (non-hydrogen) atoms. The molecule has 0 aliphatic carbocycles. The summed E-state index contributed by atoms with van der Waals surface area (Å²) in [7, 11) is 0. The van der Waals surface area contributed by atoms with Crippen LogP contribution in [0.2, 0.25) is 0 Å². The molecule has 4 nitrogen and oxygen atoms in total. The van der Waals surface area contributed by atoms with Crippen LogP contribution in [0.15, 0.2) is 18.2 Å². The molecule has 1 aliphatic rings. The maximum atomic E-state index is 12.2. The molecule has 1 aromatic carbocycles. The molecule has 1 aromatic rings. The van der Waals surface area contributed by atoms with Gasteiger partial charge in [-0.2, -0.15) is 0 Å². The van der Waals surface area contributed by atoms with Gasteiger partial charge in [-0.3, -0.25) is 4.79 Å². The highest BCUT2D eigenvalue weighted by Crippen LogP contribution is 2.23. The molecule has 4 heteroatoms. The molecule has 1 unspecified atom stereocenters. The minimum Gasteiger partial charge on any atom is -0.493 e. The van der Waals surface area contributed by atoms with Crippen molar-refractivity contribution in [3.8, 4) is 5.75 Å². The minimum absolute atomic E-state index is 0.0567. The average molecular weight is 291 g/mol. The lowest BCUT2D eigenvalue weighted by molar-refractivity contribution is -0.138. The van der Waals surface area contributed by atoms with Gasteiger partial charge in [0.15, 0.2) is 0 Å². The Bertz CT molecular complexity index is 491. The van der Waals surface area contributed by atoms with Crippen LogP contribution in [0.25, 0.3) is 0 Å². The molecular weight excluding hydrogens is 266 g/mol. The van der Waals surface area contributed by atoms with Crippen molar-refractivity contribution in [2.45, 2.75) is 45.6 Å². The van der Waals surface area contributed by atoms with Gasteiger partial charge in [-0.15, -0.1) is 0 Å². The fraction of sp³-hybridized carbons (Fsp3) is 0.588. The Morgan fingerprint density at radius 2 is 2.05 bits per heavy atom. The molecule has 0 aromatic heterocycles. The molecule has 1 N–H and O–H groups in total. The first kappa shape index (κ1) is 15.8. The lowest BCUT2D eigenvalue weighted by Gasteiger charge is -2.36. The van der Waals surface area contributed by atoms with Crippen LogP contribution < -0.4 is 4.74 Å². The lowest BCUT2D eigenvalue weighted by atomic mass is 9.95. The largest absolute Gasteiger partial charge is 0.493 e. The molecular formula is C17H25NO3. The van der Waals surface area contributed by atoms with E-state index in [0.717, 1.165) is 36.3 Å². The number of rotatable bonds is 4. The van der Waals surface area contributed by atoms with E-state index in [1.54, 1.807) is 11.8 Å². The highest BCUT2D eigenvalue weighted by atomic mass is 16.5. The second-order valence-electron chi connectivity index (χ2n) is 6.24. The van der Waals surface area contributed by atoms with Gasteiger partial charge in [0, 0.05) is 13.1 Å². The van der Waals surface area contributed by atoms with Crippen molar-refractivity contribution in [2.24, 2.45) is 0 Å². The Balaban J connectivity index is 1.84. The first-order valence-electron chi connectivity index (χ1n) is 7.58. The van der Waals surface area contributed by atoms with E-state index in [9.17, 15) is 9.90 Å². The standard InChI is InChI=1S/C17H25NO3/c1-13-6-4-7-14(2)16(13)21-11-8-15(19)18-10-5-9-17(3,20)12-18/h4,6-7,20H,5,8-12H2,1-3H3. The first-order valence-corrected chi connectivity index (χ1v) is 7.58. The molecule has 1 atom stereocenters. The van der Waals surface area contributed by atoms with Crippen LogP contribution in [-0.4, -0.2) is 41.2 Å². The van der Waals surface area contributed by atoms with Gasteiger partial charge in [0.1, 0.15) is 5.75 Å². The predicted molar refractivity (Wildman–Crippen MR) is 82.5 cm³/mol. The van der Waals surface area contributed by atoms with Gasteiger partial charge >= 0.3 is 0 Å². The Hall–Kier alpha value is -1.55. The number of ether oxygens (including phenoxy) is 1. The highest BCUT2D eigenvalue weighted by molar-refractivity contribution is 5.76. The molecule has 0 saturated carbocycles. The molecule has 1 amide bonds. The molecule has 0 bridgehead atoms. The Morgan fingerprint density at radius 3 is 2.67 bits per heavy atom. The lowest BCUT2D eigenvalue weighted by Crippen LogP contribution is -2.48. The van der Waals surface area contributed by atoms with E-state index in [0.29, 0.717) is 19.6 Å². The fourth-order valence-electron chi connectivity index (χ4n) is 2.86. The number of piperidine rings is 1. The van der Waals surface area contributed by atoms with Crippen LogP contribution >= 0.6 is 0 Å². The Kier molecular flexibility index (Phi) is 4.88. The number of aryl methyl sites for hydroxylation is 2. The quantitative estimate of drug-likeness (QED) is 0.927. The zero-order chi connectivity index (χ0) is 15.5. The van der Waals surface area contributed by atoms with Crippen LogP contribution in [0.3, 0.4) is 0 Å². The number of aliphatic hydroxyl groups is 1. The molecule has 0 spiro atoms. The summed E-state index contributed by atoms with van der Waals surface area (Å²) in [4.78, 5) is 13.9. The van der Waals surface area contributed by atoms with Crippen LogP contribution in [0, 0.1) is 13.8 Å². The van der Waals surface area contributed by atoms with Crippen molar-refractivity contribution in [3.05, 3.63) is 29.3 Å². The molecule has 1 saturated heterocycles. The second-order valence-corrected chi connectivity index (χ2v) is 6.24. The minimum atomic E-state index is -0.749. The van der Waals surface area contributed by atoms with Gasteiger partial charge in [-0.05, 0) is 44.7 Å². The number of hydrogen-bond donors (Lipinski definition) is 1. The van der Waals surface area contributed by atoms with Crippen molar-refractivity contribution >= 4 is 5.91 Å². The SMILES string of the molecule is Cc1cccc(C)c1OCCC(=O)N1CCCC(C)(O)C1. The third kappa shape index (κ3) is 4.21. The summed E-state index contributed by atoms with van der Waals surface area (Å²) in [6, 6.07) is 6.01. The van der Waals surface area contributed by atoms with Crippen LogP contribution in [0.4, 0.5) is 0 Å². The predicted octanol–water partition coefficient (Wildman–Crippen LogP) is 2.45. The zero-order valence-corrected chi connectivity index (χ0v) is 13.2. The Morgan fingerprint density at radius 1 is 1.38 bits per heavy atom. The number of carbonyl (C=O) groups is 1. The first-order chi connectivity index (χ1) is 9.89. The number of carbonyl (C=O) groups excluding carboxylic acids is 1. The molecule has 2 rings (SSSR count). The van der Waals surface area contributed by atoms with Gasteiger partial charge in [0.25, 0.3) is 0 Å². The van der Waals surface area contributed by atoms with E-state index in [1.165, 1.54) is 0 Å². The van der Waals surface area contributed by atoms with Crippen LogP contribution in [0.1, 0.15) is 37.3 Å². The number of benzene rings is 1. The van der Waals surface area contributed by atoms with Gasteiger partial charge in [-0.25, -0.2) is 0 Å². The van der Waals surface area contributed by atoms with E-state index in [1.807, 2.05) is 32.0 Å². The summed E-state index contributed by atoms with van der Waals surface area (Å²) in [6.45, 7) is 7.34. The molecule has 116 valence electrons. The van der Waals surface area contributed by atoms with Crippen molar-refractivity contribution in [2.75, 3.05) is 19.7 Å². The Labute approximate surface area is 126 Å². The third-order valence-corrected chi connectivity index (χ3v) is 4.00. The highest BCUT2D eigenvalue weighted by Gasteiger charge is 2.30. The van der Waals surface area contributed by atoms with E-state index in [2.05, 4.69) is 0 Å². The number of hydrogen-bond acceptors (Lipinski definition) is 3. The summed E-state index contributed by atoms with van der Waals surface area (Å²) in [6.07, 6.45) is 1.97. The maximum absolute atomic E-state index is 12.2. The van der Waals surface area contributed by atoms with Crippen molar-refractivity contribution in [1.82, 2.24) is 4.90 Å². The molecule has 1 heterocycles. The van der Waals surface area contributed by atoms with E-state index < -0.39 is 5.60 Å². The van der Waals surface area contributed by atoms with Crippen LogP contribution in [-0.2, 0) is 4.79 Å². The van der Waals surface area contributed by atoms with Gasteiger partial charge < -0.3 is 14.7 Å². The third-order valence-electron chi connectivity index (χ3n) is 4.00. The van der Waals surface area contributed by atoms with Crippen molar-refractivity contribution in [3.63, 3.8) is 0 Å². The number of amides is 1. The summed E-state index contributed by atoms with van der Waals surface area (Å²) < 4.78 is 5.77. The molecule has 0 radical (unpaired) electrons. The van der Waals surface area contributed by atoms with Gasteiger partial charge in [0.05, 0.1) is 18.6 Å². The topological polar surface area (TPSA) is 49.8 Å². The van der Waals surface area contributed by atoms with Crippen LogP contribution in [0.5, 0.6) is 5.75 Å². The van der Waals surface area contributed by atoms with E-state index in [4.69, 9.17) is 4.74 Å². The summed E-state index contributed by atoms with van der Waals surface area (Å²) in [5.74, 6) is 0.928. The number of likely N-dealkylation sites (tertiary alicyclic amines) is 1. The van der Waals surface area contributed by atoms with Crippen molar-refractivity contribution < 1.29 is 14.6 Å². The molecule has 1 aliphatic heterocycles. The smallest absolute Gasteiger partial charge is 0.226 e. The van der Waals surface area contributed by atoms with Crippen molar-refractivity contribution in [1.29, 1.82) is 0 Å². The number of nitrogens with zero attached hydrogens (tertiary/aromatic N) is 1. The average Bonchev–Trinajstić information content (AvgIpc) is 2.40.